The number of tetrazole rings is 1. The first kappa shape index (κ1) is 15.9. The Morgan fingerprint density at radius 3 is 2.88 bits per heavy atom. The number of benzene rings is 1. The molecule has 0 saturated carbocycles. The number of nitrogens with one attached hydrogen (secondary N) is 1. The van der Waals surface area contributed by atoms with Crippen molar-refractivity contribution in [1.29, 1.82) is 0 Å². The maximum atomic E-state index is 11.8. The predicted molar refractivity (Wildman–Crippen MR) is 90.4 cm³/mol. The van der Waals surface area contributed by atoms with E-state index in [2.05, 4.69) is 20.7 Å². The van der Waals surface area contributed by atoms with Gasteiger partial charge in [-0.15, -0.1) is 5.10 Å². The number of anilines is 1. The number of hydrogen-bond donors (Lipinski definition) is 1. The molecule has 0 saturated heterocycles. The van der Waals surface area contributed by atoms with Crippen LogP contribution in [0.3, 0.4) is 0 Å². The number of carbonyl (C=O) groups excluding carboxylic acids is 1. The van der Waals surface area contributed by atoms with Gasteiger partial charge in [-0.2, -0.15) is 4.80 Å². The summed E-state index contributed by atoms with van der Waals surface area (Å²) in [4.78, 5) is 13.0. The summed E-state index contributed by atoms with van der Waals surface area (Å²) in [5, 5.41) is 14.3. The predicted octanol–water partition coefficient (Wildman–Crippen LogP) is 3.08. The second-order valence-corrected chi connectivity index (χ2v) is 5.50. The Balaban J connectivity index is 1.69. The zero-order valence-corrected chi connectivity index (χ0v) is 13.8. The SMILES string of the molecule is Cc1ccc(-c2ccc(/C=C/C(=O)Nc3nnn(C)n3)o2)cc1Cl. The molecule has 0 aliphatic rings. The van der Waals surface area contributed by atoms with Crippen molar-refractivity contribution in [3.63, 3.8) is 0 Å². The van der Waals surface area contributed by atoms with E-state index in [1.807, 2.05) is 31.2 Å². The lowest BCUT2D eigenvalue weighted by Crippen LogP contribution is -2.09. The van der Waals surface area contributed by atoms with Crippen LogP contribution in [0.25, 0.3) is 17.4 Å². The second-order valence-electron chi connectivity index (χ2n) is 5.09. The van der Waals surface area contributed by atoms with Crippen LogP contribution < -0.4 is 5.32 Å². The third-order valence-corrected chi connectivity index (χ3v) is 3.63. The fourth-order valence-corrected chi connectivity index (χ4v) is 2.17. The van der Waals surface area contributed by atoms with Crippen molar-refractivity contribution in [3.8, 4) is 11.3 Å². The van der Waals surface area contributed by atoms with E-state index in [1.54, 1.807) is 19.2 Å². The summed E-state index contributed by atoms with van der Waals surface area (Å²) in [6, 6.07) is 9.29. The van der Waals surface area contributed by atoms with Crippen molar-refractivity contribution in [3.05, 3.63) is 52.8 Å². The van der Waals surface area contributed by atoms with Gasteiger partial charge in [-0.05, 0) is 42.0 Å². The molecule has 0 bridgehead atoms. The van der Waals surface area contributed by atoms with Gasteiger partial charge in [0.05, 0.1) is 7.05 Å². The molecule has 7 nitrogen and oxygen atoms in total. The molecule has 1 amide bonds. The minimum atomic E-state index is -0.376. The third-order valence-electron chi connectivity index (χ3n) is 3.23. The Kier molecular flexibility index (Phi) is 4.43. The summed E-state index contributed by atoms with van der Waals surface area (Å²) in [6.07, 6.45) is 2.89. The molecule has 0 aliphatic heterocycles. The molecular weight excluding hydrogens is 330 g/mol. The van der Waals surface area contributed by atoms with Crippen LogP contribution in [0.1, 0.15) is 11.3 Å². The fraction of sp³-hybridized carbons (Fsp3) is 0.125. The smallest absolute Gasteiger partial charge is 0.270 e. The minimum Gasteiger partial charge on any atom is -0.457 e. The van der Waals surface area contributed by atoms with Gasteiger partial charge in [-0.3, -0.25) is 10.1 Å². The van der Waals surface area contributed by atoms with Crippen molar-refractivity contribution in [2.75, 3.05) is 5.32 Å². The van der Waals surface area contributed by atoms with Gasteiger partial charge >= 0.3 is 0 Å². The van der Waals surface area contributed by atoms with Crippen LogP contribution in [0.2, 0.25) is 5.02 Å². The molecule has 0 aliphatic carbocycles. The standard InChI is InChI=1S/C16H14ClN5O2/c1-10-3-4-11(9-13(10)17)14-7-5-12(24-14)6-8-15(23)18-16-19-21-22(2)20-16/h3-9H,1-2H3,(H,18,20,23)/b8-6+. The number of furan rings is 1. The van der Waals surface area contributed by atoms with Gasteiger partial charge in [0.1, 0.15) is 11.5 Å². The molecule has 3 rings (SSSR count). The number of aromatic nitrogens is 4. The van der Waals surface area contributed by atoms with E-state index in [9.17, 15) is 4.79 Å². The number of amides is 1. The molecule has 3 aromatic rings. The van der Waals surface area contributed by atoms with Crippen LogP contribution >= 0.6 is 11.6 Å². The lowest BCUT2D eigenvalue weighted by Gasteiger charge is -2.00. The molecule has 2 aromatic heterocycles. The highest BCUT2D eigenvalue weighted by Crippen LogP contribution is 2.27. The van der Waals surface area contributed by atoms with Crippen molar-refractivity contribution < 1.29 is 9.21 Å². The first-order valence-corrected chi connectivity index (χ1v) is 7.48. The molecule has 1 N–H and O–H groups in total. The van der Waals surface area contributed by atoms with Crippen molar-refractivity contribution >= 4 is 29.5 Å². The van der Waals surface area contributed by atoms with Crippen LogP contribution in [0.5, 0.6) is 0 Å². The van der Waals surface area contributed by atoms with E-state index in [4.69, 9.17) is 16.0 Å². The molecule has 8 heteroatoms. The summed E-state index contributed by atoms with van der Waals surface area (Å²) in [7, 11) is 1.61. The highest BCUT2D eigenvalue weighted by atomic mass is 35.5. The number of carbonyl (C=O) groups is 1. The highest BCUT2D eigenvalue weighted by Gasteiger charge is 2.06. The molecule has 2 heterocycles. The van der Waals surface area contributed by atoms with Gasteiger partial charge < -0.3 is 4.42 Å². The largest absolute Gasteiger partial charge is 0.457 e. The molecular formula is C16H14ClN5O2. The van der Waals surface area contributed by atoms with E-state index in [-0.39, 0.29) is 11.9 Å². The number of aryl methyl sites for hydroxylation is 2. The summed E-state index contributed by atoms with van der Waals surface area (Å²) >= 11 is 6.12. The average Bonchev–Trinajstić information content (AvgIpc) is 3.17. The Morgan fingerprint density at radius 2 is 2.17 bits per heavy atom. The zero-order chi connectivity index (χ0) is 17.1. The van der Waals surface area contributed by atoms with E-state index >= 15 is 0 Å². The number of halogens is 1. The zero-order valence-electron chi connectivity index (χ0n) is 13.0. The van der Waals surface area contributed by atoms with Crippen LogP contribution in [-0.4, -0.2) is 26.1 Å². The van der Waals surface area contributed by atoms with Gasteiger partial charge in [0, 0.05) is 16.7 Å². The maximum absolute atomic E-state index is 11.8. The van der Waals surface area contributed by atoms with Gasteiger partial charge in [0.15, 0.2) is 0 Å². The van der Waals surface area contributed by atoms with Gasteiger partial charge in [-0.25, -0.2) is 0 Å². The molecule has 0 atom stereocenters. The molecule has 0 unspecified atom stereocenters. The number of rotatable bonds is 4. The summed E-state index contributed by atoms with van der Waals surface area (Å²) in [5.41, 5.74) is 1.87. The van der Waals surface area contributed by atoms with Crippen molar-refractivity contribution in [1.82, 2.24) is 20.2 Å². The van der Waals surface area contributed by atoms with Crippen LogP contribution in [-0.2, 0) is 11.8 Å². The fourth-order valence-electron chi connectivity index (χ4n) is 1.99. The number of nitrogens with zero attached hydrogens (tertiary/aromatic N) is 4. The van der Waals surface area contributed by atoms with E-state index < -0.39 is 0 Å². The average molecular weight is 344 g/mol. The van der Waals surface area contributed by atoms with E-state index in [0.29, 0.717) is 16.5 Å². The van der Waals surface area contributed by atoms with E-state index in [1.165, 1.54) is 10.9 Å². The molecule has 122 valence electrons. The van der Waals surface area contributed by atoms with Crippen LogP contribution in [0.4, 0.5) is 5.95 Å². The van der Waals surface area contributed by atoms with Gasteiger partial charge in [0.2, 0.25) is 0 Å². The van der Waals surface area contributed by atoms with E-state index in [0.717, 1.165) is 11.1 Å². The normalized spacial score (nSPS) is 11.1. The third kappa shape index (κ3) is 3.69. The summed E-state index contributed by atoms with van der Waals surface area (Å²) < 4.78 is 5.70. The van der Waals surface area contributed by atoms with Crippen molar-refractivity contribution in [2.45, 2.75) is 6.92 Å². The monoisotopic (exact) mass is 343 g/mol. The highest BCUT2D eigenvalue weighted by molar-refractivity contribution is 6.31. The Labute approximate surface area is 142 Å². The maximum Gasteiger partial charge on any atom is 0.270 e. The van der Waals surface area contributed by atoms with Crippen LogP contribution in [0, 0.1) is 6.92 Å². The number of hydrogen-bond acceptors (Lipinski definition) is 5. The molecule has 0 fully saturated rings. The van der Waals surface area contributed by atoms with Crippen molar-refractivity contribution in [2.24, 2.45) is 7.05 Å². The minimum absolute atomic E-state index is 0.140. The second kappa shape index (κ2) is 6.67. The Hall–Kier alpha value is -2.93. The Bertz CT molecular complexity index is 913. The first-order chi connectivity index (χ1) is 11.5. The lowest BCUT2D eigenvalue weighted by atomic mass is 10.1. The molecule has 1 aromatic carbocycles. The quantitative estimate of drug-likeness (QED) is 0.736. The summed E-state index contributed by atoms with van der Waals surface area (Å²) in [6.45, 7) is 1.94. The first-order valence-electron chi connectivity index (χ1n) is 7.11. The van der Waals surface area contributed by atoms with Crippen LogP contribution in [0.15, 0.2) is 40.8 Å². The topological polar surface area (TPSA) is 85.8 Å². The summed E-state index contributed by atoms with van der Waals surface area (Å²) in [5.74, 6) is 0.984. The molecule has 24 heavy (non-hydrogen) atoms. The van der Waals surface area contributed by atoms with Gasteiger partial charge in [0.25, 0.3) is 11.9 Å². The molecule has 0 radical (unpaired) electrons. The lowest BCUT2D eigenvalue weighted by molar-refractivity contribution is -0.111. The molecule has 0 spiro atoms. The van der Waals surface area contributed by atoms with Gasteiger partial charge in [-0.1, -0.05) is 28.8 Å². The Morgan fingerprint density at radius 1 is 1.33 bits per heavy atom.